The third-order valence-corrected chi connectivity index (χ3v) is 9.16. The van der Waals surface area contributed by atoms with Gasteiger partial charge in [0.05, 0.1) is 31.1 Å². The molecule has 13 nitrogen and oxygen atoms in total. The molecule has 2 aliphatic heterocycles. The van der Waals surface area contributed by atoms with Crippen molar-refractivity contribution in [1.82, 2.24) is 39.7 Å². The molecule has 4 heterocycles. The lowest BCUT2D eigenvalue weighted by Gasteiger charge is -2.37. The molecule has 2 aliphatic rings. The number of methoxy groups -OCH3 is 1. The number of aryl methyl sites for hydroxylation is 1. The zero-order chi connectivity index (χ0) is 33.9. The first-order valence-corrected chi connectivity index (χ1v) is 15.9. The van der Waals surface area contributed by atoms with Crippen molar-refractivity contribution < 1.29 is 18.7 Å². The van der Waals surface area contributed by atoms with Crippen LogP contribution in [-0.4, -0.2) is 105 Å². The number of ether oxygens (including phenoxy) is 1. The number of benzene rings is 2. The summed E-state index contributed by atoms with van der Waals surface area (Å²) in [5, 5.41) is 9.76. The molecule has 252 valence electrons. The number of carbonyl (C=O) groups excluding carboxylic acids is 2. The molecule has 0 radical (unpaired) electrons. The molecule has 14 heteroatoms. The van der Waals surface area contributed by atoms with Crippen LogP contribution in [0.3, 0.4) is 0 Å². The minimum atomic E-state index is -0.477. The number of H-pyrrole nitrogens is 1. The smallest absolute Gasteiger partial charge is 0.270 e. The number of hydrogen-bond donors (Lipinski definition) is 3. The predicted molar refractivity (Wildman–Crippen MR) is 180 cm³/mol. The van der Waals surface area contributed by atoms with E-state index in [1.807, 2.05) is 42.2 Å². The topological polar surface area (TPSA) is 155 Å². The van der Waals surface area contributed by atoms with Gasteiger partial charge in [-0.2, -0.15) is 0 Å². The lowest BCUT2D eigenvalue weighted by Crippen LogP contribution is -2.50. The number of halogens is 1. The number of para-hydroxylation sites is 1. The van der Waals surface area contributed by atoms with Crippen molar-refractivity contribution in [2.75, 3.05) is 53.4 Å². The Balaban J connectivity index is 1.31. The number of hydrazine groups is 1. The van der Waals surface area contributed by atoms with Gasteiger partial charge in [-0.25, -0.2) is 10.2 Å². The summed E-state index contributed by atoms with van der Waals surface area (Å²) >= 11 is 0. The Hall–Kier alpha value is -5.37. The molecule has 2 amide bonds. The van der Waals surface area contributed by atoms with Gasteiger partial charge in [-0.15, -0.1) is 5.10 Å². The minimum Gasteiger partial charge on any atom is -0.496 e. The lowest BCUT2D eigenvalue weighted by atomic mass is 9.93. The first kappa shape index (κ1) is 32.6. The molecular weight excluding hydrogens is 615 g/mol. The summed E-state index contributed by atoms with van der Waals surface area (Å²) in [4.78, 5) is 35.6. The summed E-state index contributed by atoms with van der Waals surface area (Å²) < 4.78 is 23.9. The Bertz CT molecular complexity index is 1870. The number of aromatic nitrogens is 4. The van der Waals surface area contributed by atoms with Gasteiger partial charge in [0.15, 0.2) is 5.82 Å². The summed E-state index contributed by atoms with van der Waals surface area (Å²) in [7, 11) is 3.32. The van der Waals surface area contributed by atoms with Crippen LogP contribution in [0.4, 0.5) is 4.39 Å². The van der Waals surface area contributed by atoms with Crippen molar-refractivity contribution in [2.45, 2.75) is 26.3 Å². The highest BCUT2D eigenvalue weighted by Crippen LogP contribution is 2.40. The molecule has 48 heavy (non-hydrogen) atoms. The largest absolute Gasteiger partial charge is 0.496 e. The Morgan fingerprint density at radius 1 is 1.04 bits per heavy atom. The van der Waals surface area contributed by atoms with E-state index in [9.17, 15) is 9.59 Å². The summed E-state index contributed by atoms with van der Waals surface area (Å²) in [6, 6.07) is 11.0. The monoisotopic (exact) mass is 656 g/mol. The molecule has 5 N–H and O–H groups in total. The van der Waals surface area contributed by atoms with Gasteiger partial charge in [0.1, 0.15) is 17.3 Å². The van der Waals surface area contributed by atoms with E-state index >= 15 is 4.39 Å². The molecule has 0 unspecified atom stereocenters. The zero-order valence-corrected chi connectivity index (χ0v) is 27.4. The van der Waals surface area contributed by atoms with E-state index in [4.69, 9.17) is 16.3 Å². The molecule has 1 fully saturated rings. The molecule has 1 saturated heterocycles. The Morgan fingerprint density at radius 3 is 2.50 bits per heavy atom. The standard InChI is InChI=1S/C34H41FN10O3/c1-22(41(2)37)33(36)42-15-17-43(18-16-42)34(47)28-20-27-26(24-8-4-5-9-29(24)48-3)19-25(31(35)32(27)39-28)23-7-6-12-44(21-23)30(46)10-13-45-14-11-38-40-45/h4-5,7-9,11,14,19-20,39H,6,10,12-13,15-18,21,36-37H2,1-3H3/b33-22+. The minimum absolute atomic E-state index is 0.0437. The number of allylic oxidation sites excluding steroid dienone is 1. The second-order valence-corrected chi connectivity index (χ2v) is 12.1. The van der Waals surface area contributed by atoms with Crippen molar-refractivity contribution in [3.8, 4) is 16.9 Å². The van der Waals surface area contributed by atoms with Gasteiger partial charge in [-0.3, -0.25) is 14.3 Å². The second-order valence-electron chi connectivity index (χ2n) is 12.1. The van der Waals surface area contributed by atoms with Crippen molar-refractivity contribution in [2.24, 2.45) is 11.6 Å². The van der Waals surface area contributed by atoms with E-state index in [1.54, 1.807) is 53.2 Å². The molecule has 6 rings (SSSR count). The zero-order valence-electron chi connectivity index (χ0n) is 27.4. The summed E-state index contributed by atoms with van der Waals surface area (Å²) in [6.45, 7) is 5.02. The highest BCUT2D eigenvalue weighted by atomic mass is 19.1. The normalized spacial score (nSPS) is 15.8. The highest BCUT2D eigenvalue weighted by Gasteiger charge is 2.28. The quantitative estimate of drug-likeness (QED) is 0.182. The molecular formula is C34H41FN10O3. The van der Waals surface area contributed by atoms with Crippen LogP contribution < -0.4 is 16.3 Å². The van der Waals surface area contributed by atoms with E-state index in [0.717, 1.165) is 11.3 Å². The number of amides is 2. The number of carbonyl (C=O) groups is 2. The lowest BCUT2D eigenvalue weighted by molar-refractivity contribution is -0.131. The summed E-state index contributed by atoms with van der Waals surface area (Å²) in [6.07, 6.45) is 6.11. The first-order chi connectivity index (χ1) is 23.2. The van der Waals surface area contributed by atoms with Crippen molar-refractivity contribution >= 4 is 28.3 Å². The van der Waals surface area contributed by atoms with Gasteiger partial charge in [-0.1, -0.05) is 29.5 Å². The number of piperazine rings is 1. The molecule has 0 bridgehead atoms. The molecule has 2 aromatic carbocycles. The molecule has 0 atom stereocenters. The average molecular weight is 657 g/mol. The molecule has 0 aliphatic carbocycles. The number of nitrogens with one attached hydrogen (secondary N) is 1. The average Bonchev–Trinajstić information content (AvgIpc) is 3.81. The Kier molecular flexibility index (Phi) is 9.35. The van der Waals surface area contributed by atoms with Crippen LogP contribution in [0.15, 0.2) is 66.4 Å². The van der Waals surface area contributed by atoms with Gasteiger partial charge in [-0.05, 0) is 42.7 Å². The predicted octanol–water partition coefficient (Wildman–Crippen LogP) is 2.99. The maximum absolute atomic E-state index is 16.6. The number of hydrogen-bond acceptors (Lipinski definition) is 9. The van der Waals surface area contributed by atoms with Crippen LogP contribution in [0, 0.1) is 5.82 Å². The van der Waals surface area contributed by atoms with Crippen molar-refractivity contribution in [3.05, 3.63) is 83.5 Å². The fraction of sp³-hybridized carbons (Fsp3) is 0.353. The molecule has 2 aromatic heterocycles. The van der Waals surface area contributed by atoms with Crippen LogP contribution >= 0.6 is 0 Å². The number of fused-ring (bicyclic) bond motifs is 1. The van der Waals surface area contributed by atoms with E-state index in [0.29, 0.717) is 79.3 Å². The van der Waals surface area contributed by atoms with Crippen LogP contribution in [0.5, 0.6) is 5.75 Å². The third kappa shape index (κ3) is 6.43. The summed E-state index contributed by atoms with van der Waals surface area (Å²) in [5.74, 6) is 6.30. The Labute approximate surface area is 278 Å². The number of nitrogens with two attached hydrogens (primary N) is 2. The number of nitrogens with zero attached hydrogens (tertiary/aromatic N) is 7. The van der Waals surface area contributed by atoms with Crippen molar-refractivity contribution in [1.29, 1.82) is 0 Å². The van der Waals surface area contributed by atoms with Crippen LogP contribution in [0.2, 0.25) is 0 Å². The van der Waals surface area contributed by atoms with Gasteiger partial charge in [0, 0.05) is 75.4 Å². The van der Waals surface area contributed by atoms with E-state index in [2.05, 4.69) is 15.3 Å². The van der Waals surface area contributed by atoms with E-state index < -0.39 is 5.82 Å². The number of rotatable bonds is 9. The second kappa shape index (κ2) is 13.8. The van der Waals surface area contributed by atoms with Gasteiger partial charge in [0.2, 0.25) is 5.91 Å². The Morgan fingerprint density at radius 2 is 1.79 bits per heavy atom. The molecule has 0 spiro atoms. The third-order valence-electron chi connectivity index (χ3n) is 9.16. The van der Waals surface area contributed by atoms with Gasteiger partial charge in [0.25, 0.3) is 5.91 Å². The molecule has 0 saturated carbocycles. The van der Waals surface area contributed by atoms with E-state index in [-0.39, 0.29) is 36.0 Å². The van der Waals surface area contributed by atoms with Gasteiger partial charge >= 0.3 is 0 Å². The molecule has 4 aromatic rings. The highest BCUT2D eigenvalue weighted by molar-refractivity contribution is 6.05. The van der Waals surface area contributed by atoms with E-state index in [1.165, 1.54) is 5.01 Å². The fourth-order valence-corrected chi connectivity index (χ4v) is 6.30. The maximum Gasteiger partial charge on any atom is 0.270 e. The maximum atomic E-state index is 16.6. The van der Waals surface area contributed by atoms with Crippen LogP contribution in [0.25, 0.3) is 27.6 Å². The van der Waals surface area contributed by atoms with Gasteiger partial charge < -0.3 is 35.2 Å². The fourth-order valence-electron chi connectivity index (χ4n) is 6.30. The summed E-state index contributed by atoms with van der Waals surface area (Å²) in [5.41, 5.74) is 10.1. The SMILES string of the molecule is COc1ccccc1-c1cc(C2=CCCN(C(=O)CCn3ccnn3)C2)c(F)c2[nH]c(C(=O)N3CCN(/C(N)=C(\C)N(C)N)CC3)cc12. The van der Waals surface area contributed by atoms with Crippen molar-refractivity contribution in [3.63, 3.8) is 0 Å². The van der Waals surface area contributed by atoms with Crippen LogP contribution in [-0.2, 0) is 11.3 Å². The number of aromatic amines is 1. The van der Waals surface area contributed by atoms with Crippen LogP contribution in [0.1, 0.15) is 35.8 Å². The first-order valence-electron chi connectivity index (χ1n) is 15.9.